The van der Waals surface area contributed by atoms with Crippen LogP contribution in [0.25, 0.3) is 0 Å². The Kier molecular flexibility index (Phi) is 4.49. The first-order valence-electron chi connectivity index (χ1n) is 7.13. The SMILES string of the molecule is CN[C@H](CN(C)c1c(C(C)(C)C)c(=O)c1=O)C(C)(C)C. The molecule has 114 valence electrons. The molecule has 0 saturated heterocycles. The van der Waals surface area contributed by atoms with Crippen LogP contribution in [0.2, 0.25) is 0 Å². The van der Waals surface area contributed by atoms with Crippen LogP contribution in [0, 0.1) is 5.41 Å². The van der Waals surface area contributed by atoms with Crippen LogP contribution < -0.4 is 21.1 Å². The molecule has 0 aliphatic heterocycles. The smallest absolute Gasteiger partial charge is 0.249 e. The Labute approximate surface area is 121 Å². The molecule has 0 aliphatic carbocycles. The van der Waals surface area contributed by atoms with Crippen molar-refractivity contribution in [1.82, 2.24) is 5.32 Å². The van der Waals surface area contributed by atoms with Crippen molar-refractivity contribution in [3.8, 4) is 0 Å². The maximum atomic E-state index is 11.9. The number of likely N-dealkylation sites (N-methyl/N-ethyl adjacent to an activating group) is 2. The van der Waals surface area contributed by atoms with Crippen LogP contribution in [-0.4, -0.2) is 26.7 Å². The summed E-state index contributed by atoms with van der Waals surface area (Å²) in [5, 5.41) is 3.30. The van der Waals surface area contributed by atoms with Crippen LogP contribution in [0.15, 0.2) is 9.59 Å². The van der Waals surface area contributed by atoms with Crippen LogP contribution in [0.3, 0.4) is 0 Å². The first kappa shape index (κ1) is 16.9. The number of rotatable bonds is 4. The highest BCUT2D eigenvalue weighted by Crippen LogP contribution is 2.29. The zero-order chi connectivity index (χ0) is 15.9. The molecule has 4 nitrogen and oxygen atoms in total. The molecular weight excluding hydrogens is 252 g/mol. The number of hydrogen-bond donors (Lipinski definition) is 1. The minimum Gasteiger partial charge on any atom is -0.369 e. The fourth-order valence-corrected chi connectivity index (χ4v) is 2.60. The van der Waals surface area contributed by atoms with Crippen molar-refractivity contribution in [1.29, 1.82) is 0 Å². The molecule has 0 heterocycles. The van der Waals surface area contributed by atoms with Gasteiger partial charge in [0, 0.05) is 25.2 Å². The average molecular weight is 280 g/mol. The van der Waals surface area contributed by atoms with Gasteiger partial charge in [0.25, 0.3) is 0 Å². The van der Waals surface area contributed by atoms with Crippen LogP contribution >= 0.6 is 0 Å². The summed E-state index contributed by atoms with van der Waals surface area (Å²) < 4.78 is 0. The van der Waals surface area contributed by atoms with E-state index in [2.05, 4.69) is 26.1 Å². The number of nitrogens with one attached hydrogen (secondary N) is 1. The van der Waals surface area contributed by atoms with Crippen LogP contribution in [0.5, 0.6) is 0 Å². The molecule has 1 rings (SSSR count). The van der Waals surface area contributed by atoms with Crippen LogP contribution in [0.4, 0.5) is 5.69 Å². The summed E-state index contributed by atoms with van der Waals surface area (Å²) >= 11 is 0. The lowest BCUT2D eigenvalue weighted by atomic mass is 9.81. The van der Waals surface area contributed by atoms with Crippen molar-refractivity contribution in [2.45, 2.75) is 53.0 Å². The van der Waals surface area contributed by atoms with Crippen molar-refractivity contribution in [3.63, 3.8) is 0 Å². The maximum Gasteiger partial charge on any atom is 0.249 e. The zero-order valence-corrected chi connectivity index (χ0v) is 14.0. The molecule has 20 heavy (non-hydrogen) atoms. The van der Waals surface area contributed by atoms with Crippen LogP contribution in [-0.2, 0) is 5.41 Å². The summed E-state index contributed by atoms with van der Waals surface area (Å²) in [7, 11) is 3.82. The molecule has 1 aromatic rings. The number of anilines is 1. The highest BCUT2D eigenvalue weighted by molar-refractivity contribution is 5.61. The summed E-state index contributed by atoms with van der Waals surface area (Å²) in [4.78, 5) is 25.7. The minimum atomic E-state index is -0.346. The molecule has 4 heteroatoms. The Morgan fingerprint density at radius 1 is 1.05 bits per heavy atom. The van der Waals surface area contributed by atoms with Crippen LogP contribution in [0.1, 0.15) is 47.1 Å². The molecule has 0 aromatic heterocycles. The summed E-state index contributed by atoms with van der Waals surface area (Å²) in [6.45, 7) is 13.1. The Bertz CT molecular complexity index is 540. The third-order valence-corrected chi connectivity index (χ3v) is 3.87. The van der Waals surface area contributed by atoms with E-state index in [1.165, 1.54) is 0 Å². The molecule has 0 unspecified atom stereocenters. The maximum absolute atomic E-state index is 11.9. The van der Waals surface area contributed by atoms with E-state index in [-0.39, 0.29) is 27.7 Å². The molecular formula is C16H28N2O2. The molecule has 1 N–H and O–H groups in total. The van der Waals surface area contributed by atoms with Gasteiger partial charge in [-0.05, 0) is 17.9 Å². The first-order valence-corrected chi connectivity index (χ1v) is 7.13. The summed E-state index contributed by atoms with van der Waals surface area (Å²) in [6, 6.07) is 0.240. The summed E-state index contributed by atoms with van der Waals surface area (Å²) in [6.07, 6.45) is 0. The summed E-state index contributed by atoms with van der Waals surface area (Å²) in [5.74, 6) is 0. The van der Waals surface area contributed by atoms with Gasteiger partial charge in [0.05, 0.1) is 5.69 Å². The van der Waals surface area contributed by atoms with Gasteiger partial charge in [-0.2, -0.15) is 0 Å². The van der Waals surface area contributed by atoms with E-state index in [1.54, 1.807) is 0 Å². The Hall–Kier alpha value is -1.16. The van der Waals surface area contributed by atoms with E-state index in [0.29, 0.717) is 17.8 Å². The van der Waals surface area contributed by atoms with E-state index in [1.807, 2.05) is 39.8 Å². The lowest BCUT2D eigenvalue weighted by molar-refractivity contribution is 0.285. The molecule has 1 aromatic carbocycles. The lowest BCUT2D eigenvalue weighted by Gasteiger charge is -2.36. The van der Waals surface area contributed by atoms with Gasteiger partial charge in [0.1, 0.15) is 0 Å². The molecule has 0 saturated carbocycles. The predicted octanol–water partition coefficient (Wildman–Crippen LogP) is 1.65. The molecule has 0 radical (unpaired) electrons. The van der Waals surface area contributed by atoms with Gasteiger partial charge in [0.15, 0.2) is 0 Å². The van der Waals surface area contributed by atoms with Crippen molar-refractivity contribution in [2.24, 2.45) is 5.41 Å². The quantitative estimate of drug-likeness (QED) is 0.852. The normalized spacial score (nSPS) is 14.6. The van der Waals surface area contributed by atoms with E-state index < -0.39 is 0 Å². The van der Waals surface area contributed by atoms with E-state index in [4.69, 9.17) is 0 Å². The van der Waals surface area contributed by atoms with E-state index in [9.17, 15) is 9.59 Å². The second-order valence-corrected chi connectivity index (χ2v) is 7.72. The van der Waals surface area contributed by atoms with Crippen molar-refractivity contribution < 1.29 is 0 Å². The average Bonchev–Trinajstić information content (AvgIpc) is 2.27. The number of nitrogens with zero attached hydrogens (tertiary/aromatic N) is 1. The Morgan fingerprint density at radius 2 is 1.55 bits per heavy atom. The monoisotopic (exact) mass is 280 g/mol. The molecule has 0 amide bonds. The zero-order valence-electron chi connectivity index (χ0n) is 14.0. The molecule has 1 atom stereocenters. The second-order valence-electron chi connectivity index (χ2n) is 7.72. The first-order chi connectivity index (χ1) is 8.91. The lowest BCUT2D eigenvalue weighted by Crippen LogP contribution is -2.51. The highest BCUT2D eigenvalue weighted by atomic mass is 16.2. The second kappa shape index (κ2) is 5.32. The van der Waals surface area contributed by atoms with Gasteiger partial charge in [-0.3, -0.25) is 9.59 Å². The Morgan fingerprint density at radius 3 is 1.90 bits per heavy atom. The third kappa shape index (κ3) is 3.11. The molecule has 0 spiro atoms. The van der Waals surface area contributed by atoms with E-state index >= 15 is 0 Å². The van der Waals surface area contributed by atoms with Gasteiger partial charge >= 0.3 is 0 Å². The molecule has 0 fully saturated rings. The van der Waals surface area contributed by atoms with Gasteiger partial charge in [-0.25, -0.2) is 0 Å². The van der Waals surface area contributed by atoms with Gasteiger partial charge in [-0.15, -0.1) is 0 Å². The van der Waals surface area contributed by atoms with Crippen molar-refractivity contribution >= 4 is 5.69 Å². The predicted molar refractivity (Wildman–Crippen MR) is 85.6 cm³/mol. The summed E-state index contributed by atoms with van der Waals surface area (Å²) in [5.41, 5.74) is 0.381. The fourth-order valence-electron chi connectivity index (χ4n) is 2.60. The highest BCUT2D eigenvalue weighted by Gasteiger charge is 2.34. The van der Waals surface area contributed by atoms with Crippen molar-refractivity contribution in [3.05, 3.63) is 26.0 Å². The fraction of sp³-hybridized carbons (Fsp3) is 0.750. The Balaban J connectivity index is 3.06. The third-order valence-electron chi connectivity index (χ3n) is 3.87. The molecule has 0 bridgehead atoms. The van der Waals surface area contributed by atoms with Crippen molar-refractivity contribution in [2.75, 3.05) is 25.5 Å². The topological polar surface area (TPSA) is 49.4 Å². The van der Waals surface area contributed by atoms with E-state index in [0.717, 1.165) is 0 Å². The molecule has 0 aliphatic rings. The van der Waals surface area contributed by atoms with Gasteiger partial charge in [0.2, 0.25) is 10.9 Å². The van der Waals surface area contributed by atoms with Gasteiger partial charge in [-0.1, -0.05) is 41.5 Å². The van der Waals surface area contributed by atoms with Gasteiger partial charge < -0.3 is 10.2 Å². The largest absolute Gasteiger partial charge is 0.369 e. The number of hydrogen-bond acceptors (Lipinski definition) is 4. The standard InChI is InChI=1S/C16H28N2O2/c1-15(2,3)10(17-7)9-18(8)12-11(16(4,5)6)13(19)14(12)20/h10,17H,9H2,1-8H3/t10-/m1/s1. The minimum absolute atomic E-state index is 0.0856.